The zero-order chi connectivity index (χ0) is 20.1. The standard InChI is InChI=1S/C20H25FN4O3/c1-13(26)14-3-6-17(16(21)11-14)24-9-7-23(8-10-24)12-25-18(27)20(2,15-4-5-15)22-19(25)28/h3,6,11,15H,4-5,7-10,12H2,1-2H3,(H,22,28)/t20-/m0/s1. The number of rotatable bonds is 5. The van der Waals surface area contributed by atoms with Crippen LogP contribution in [0.4, 0.5) is 14.9 Å². The molecule has 1 aromatic rings. The molecule has 2 saturated heterocycles. The molecule has 1 saturated carbocycles. The van der Waals surface area contributed by atoms with Gasteiger partial charge in [-0.25, -0.2) is 14.1 Å². The van der Waals surface area contributed by atoms with Crippen molar-refractivity contribution in [3.05, 3.63) is 29.6 Å². The van der Waals surface area contributed by atoms with E-state index in [1.165, 1.54) is 17.9 Å². The summed E-state index contributed by atoms with van der Waals surface area (Å²) in [6, 6.07) is 4.22. The number of benzene rings is 1. The number of nitrogens with zero attached hydrogens (tertiary/aromatic N) is 3. The molecule has 3 fully saturated rings. The lowest BCUT2D eigenvalue weighted by atomic mass is 9.96. The molecule has 0 aromatic heterocycles. The van der Waals surface area contributed by atoms with Crippen LogP contribution in [-0.4, -0.2) is 65.9 Å². The van der Waals surface area contributed by atoms with Gasteiger partial charge in [-0.3, -0.25) is 14.5 Å². The molecule has 0 spiro atoms. The van der Waals surface area contributed by atoms with Crippen LogP contribution in [0.1, 0.15) is 37.0 Å². The Balaban J connectivity index is 1.36. The smallest absolute Gasteiger partial charge is 0.326 e. The first-order valence-electron chi connectivity index (χ1n) is 9.71. The van der Waals surface area contributed by atoms with E-state index in [1.807, 2.05) is 16.7 Å². The number of nitrogens with one attached hydrogen (secondary N) is 1. The van der Waals surface area contributed by atoms with Gasteiger partial charge in [0.25, 0.3) is 5.91 Å². The molecule has 1 N–H and O–H groups in total. The Morgan fingerprint density at radius 2 is 1.89 bits per heavy atom. The van der Waals surface area contributed by atoms with Crippen LogP contribution in [0.25, 0.3) is 0 Å². The molecule has 0 radical (unpaired) electrons. The number of hydrogen-bond donors (Lipinski definition) is 1. The Morgan fingerprint density at radius 1 is 1.21 bits per heavy atom. The minimum absolute atomic E-state index is 0.145. The van der Waals surface area contributed by atoms with Gasteiger partial charge in [0.1, 0.15) is 11.4 Å². The van der Waals surface area contributed by atoms with E-state index in [4.69, 9.17) is 0 Å². The average Bonchev–Trinajstić information content (AvgIpc) is 3.48. The summed E-state index contributed by atoms with van der Waals surface area (Å²) >= 11 is 0. The van der Waals surface area contributed by atoms with Crippen LogP contribution in [0.3, 0.4) is 0 Å². The van der Waals surface area contributed by atoms with E-state index in [0.717, 1.165) is 12.8 Å². The molecule has 3 amide bonds. The summed E-state index contributed by atoms with van der Waals surface area (Å²) in [4.78, 5) is 41.7. The van der Waals surface area contributed by atoms with Crippen molar-refractivity contribution in [3.8, 4) is 0 Å². The van der Waals surface area contributed by atoms with Crippen LogP contribution >= 0.6 is 0 Å². The van der Waals surface area contributed by atoms with Crippen molar-refractivity contribution in [1.29, 1.82) is 0 Å². The van der Waals surface area contributed by atoms with Crippen molar-refractivity contribution in [2.45, 2.75) is 32.2 Å². The molecule has 7 nitrogen and oxygen atoms in total. The number of imide groups is 1. The molecule has 0 unspecified atom stereocenters. The summed E-state index contributed by atoms with van der Waals surface area (Å²) < 4.78 is 14.4. The third kappa shape index (κ3) is 3.26. The van der Waals surface area contributed by atoms with Gasteiger partial charge in [0.2, 0.25) is 0 Å². The van der Waals surface area contributed by atoms with Gasteiger partial charge in [-0.05, 0) is 50.8 Å². The molecule has 2 aliphatic heterocycles. The first-order valence-corrected chi connectivity index (χ1v) is 9.71. The predicted molar refractivity (Wildman–Crippen MR) is 102 cm³/mol. The summed E-state index contributed by atoms with van der Waals surface area (Å²) in [5.41, 5.74) is 0.0682. The second kappa shape index (κ2) is 6.84. The Kier molecular flexibility index (Phi) is 4.61. The van der Waals surface area contributed by atoms with E-state index in [2.05, 4.69) is 5.32 Å². The Hall–Kier alpha value is -2.48. The fraction of sp³-hybridized carbons (Fsp3) is 0.550. The number of halogens is 1. The van der Waals surface area contributed by atoms with Gasteiger partial charge in [0.05, 0.1) is 12.4 Å². The maximum absolute atomic E-state index is 14.4. The highest BCUT2D eigenvalue weighted by Gasteiger charge is 2.56. The van der Waals surface area contributed by atoms with E-state index in [9.17, 15) is 18.8 Å². The first kappa shape index (κ1) is 18.9. The second-order valence-electron chi connectivity index (χ2n) is 8.11. The van der Waals surface area contributed by atoms with Crippen LogP contribution in [0.15, 0.2) is 18.2 Å². The lowest BCUT2D eigenvalue weighted by molar-refractivity contribution is -0.133. The number of carbonyl (C=O) groups is 3. The summed E-state index contributed by atoms with van der Waals surface area (Å²) in [5, 5.41) is 2.86. The second-order valence-corrected chi connectivity index (χ2v) is 8.11. The monoisotopic (exact) mass is 388 g/mol. The van der Waals surface area contributed by atoms with E-state index in [0.29, 0.717) is 37.4 Å². The van der Waals surface area contributed by atoms with Crippen LogP contribution in [0, 0.1) is 11.7 Å². The van der Waals surface area contributed by atoms with Gasteiger partial charge in [-0.2, -0.15) is 0 Å². The molecular weight excluding hydrogens is 363 g/mol. The average molecular weight is 388 g/mol. The summed E-state index contributed by atoms with van der Waals surface area (Å²) in [5.74, 6) is -0.475. The third-order valence-corrected chi connectivity index (χ3v) is 6.10. The maximum atomic E-state index is 14.4. The summed E-state index contributed by atoms with van der Waals surface area (Å²) in [7, 11) is 0. The SMILES string of the molecule is CC(=O)c1ccc(N2CCN(CN3C(=O)N[C@@](C)(C4CC4)C3=O)CC2)c(F)c1. The quantitative estimate of drug-likeness (QED) is 0.615. The zero-order valence-electron chi connectivity index (χ0n) is 16.2. The molecule has 8 heteroatoms. The van der Waals surface area contributed by atoms with Gasteiger partial charge in [-0.1, -0.05) is 0 Å². The molecule has 0 bridgehead atoms. The molecule has 150 valence electrons. The summed E-state index contributed by atoms with van der Waals surface area (Å²) in [6.45, 7) is 5.89. The number of hydrogen-bond acceptors (Lipinski definition) is 5. The molecule has 28 heavy (non-hydrogen) atoms. The van der Waals surface area contributed by atoms with Crippen molar-refractivity contribution >= 4 is 23.4 Å². The number of Topliss-reactive ketones (excluding diaryl/α,β-unsaturated/α-hetero) is 1. The van der Waals surface area contributed by atoms with Gasteiger partial charge in [0.15, 0.2) is 5.78 Å². The fourth-order valence-electron chi connectivity index (χ4n) is 4.09. The van der Waals surface area contributed by atoms with Crippen molar-refractivity contribution < 1.29 is 18.8 Å². The Morgan fingerprint density at radius 3 is 2.46 bits per heavy atom. The van der Waals surface area contributed by atoms with Gasteiger partial charge in [-0.15, -0.1) is 0 Å². The van der Waals surface area contributed by atoms with Gasteiger partial charge >= 0.3 is 6.03 Å². The molecular formula is C20H25FN4O3. The van der Waals surface area contributed by atoms with E-state index in [1.54, 1.807) is 12.1 Å². The highest BCUT2D eigenvalue weighted by Crippen LogP contribution is 2.42. The Labute approximate surface area is 163 Å². The largest absolute Gasteiger partial charge is 0.367 e. The molecule has 1 aromatic carbocycles. The number of amides is 3. The lowest BCUT2D eigenvalue weighted by Gasteiger charge is -2.37. The topological polar surface area (TPSA) is 73.0 Å². The highest BCUT2D eigenvalue weighted by atomic mass is 19.1. The number of ketones is 1. The lowest BCUT2D eigenvalue weighted by Crippen LogP contribution is -2.52. The molecule has 3 aliphatic rings. The van der Waals surface area contributed by atoms with Gasteiger partial charge in [0, 0.05) is 31.7 Å². The minimum Gasteiger partial charge on any atom is -0.367 e. The number of anilines is 1. The van der Waals surface area contributed by atoms with Crippen molar-refractivity contribution in [2.24, 2.45) is 5.92 Å². The summed E-state index contributed by atoms with van der Waals surface area (Å²) in [6.07, 6.45) is 1.95. The van der Waals surface area contributed by atoms with Crippen LogP contribution in [0.2, 0.25) is 0 Å². The highest BCUT2D eigenvalue weighted by molar-refractivity contribution is 6.07. The third-order valence-electron chi connectivity index (χ3n) is 6.10. The zero-order valence-corrected chi connectivity index (χ0v) is 16.2. The van der Waals surface area contributed by atoms with Crippen molar-refractivity contribution in [3.63, 3.8) is 0 Å². The predicted octanol–water partition coefficient (Wildman–Crippen LogP) is 1.83. The van der Waals surface area contributed by atoms with Crippen LogP contribution in [-0.2, 0) is 4.79 Å². The number of carbonyl (C=O) groups excluding carboxylic acids is 3. The first-order chi connectivity index (χ1) is 13.3. The minimum atomic E-state index is -0.763. The maximum Gasteiger partial charge on any atom is 0.326 e. The van der Waals surface area contributed by atoms with Crippen LogP contribution < -0.4 is 10.2 Å². The molecule has 4 rings (SSSR count). The van der Waals surface area contributed by atoms with Crippen molar-refractivity contribution in [1.82, 2.24) is 15.1 Å². The normalized spacial score (nSPS) is 26.0. The molecule has 2 heterocycles. The van der Waals surface area contributed by atoms with Gasteiger partial charge < -0.3 is 10.2 Å². The van der Waals surface area contributed by atoms with E-state index < -0.39 is 11.4 Å². The van der Waals surface area contributed by atoms with Crippen molar-refractivity contribution in [2.75, 3.05) is 37.7 Å². The number of urea groups is 1. The molecule has 1 atom stereocenters. The Bertz CT molecular complexity index is 833. The molecule has 1 aliphatic carbocycles. The number of piperazine rings is 1. The fourth-order valence-corrected chi connectivity index (χ4v) is 4.09. The van der Waals surface area contributed by atoms with E-state index >= 15 is 0 Å². The van der Waals surface area contributed by atoms with Crippen LogP contribution in [0.5, 0.6) is 0 Å². The van der Waals surface area contributed by atoms with E-state index in [-0.39, 0.29) is 30.3 Å².